The number of primary amides is 1. The average Bonchev–Trinajstić information content (AvgIpc) is 2.35. The van der Waals surface area contributed by atoms with Crippen LogP contribution in [0.3, 0.4) is 0 Å². The van der Waals surface area contributed by atoms with Gasteiger partial charge in [0.05, 0.1) is 26.3 Å². The summed E-state index contributed by atoms with van der Waals surface area (Å²) in [5.41, 5.74) is 10.2. The molecule has 3 amide bonds. The van der Waals surface area contributed by atoms with E-state index in [0.29, 0.717) is 6.61 Å². The van der Waals surface area contributed by atoms with Gasteiger partial charge in [-0.25, -0.2) is 0 Å². The monoisotopic (exact) mass is 244 g/mol. The summed E-state index contributed by atoms with van der Waals surface area (Å²) in [6, 6.07) is -0.772. The SMILES string of the molecule is NCC(=O)NCC(=O)N1CCOCC1C(N)=O. The molecule has 0 aliphatic carbocycles. The number of morpholine rings is 1. The molecule has 1 aliphatic heterocycles. The Morgan fingerprint density at radius 2 is 2.12 bits per heavy atom. The van der Waals surface area contributed by atoms with Crippen LogP contribution in [0.1, 0.15) is 0 Å². The summed E-state index contributed by atoms with van der Waals surface area (Å²) in [6.45, 7) is 0.340. The Hall–Kier alpha value is -1.67. The van der Waals surface area contributed by atoms with Crippen molar-refractivity contribution < 1.29 is 19.1 Å². The number of nitrogens with one attached hydrogen (secondary N) is 1. The number of hydrogen-bond donors (Lipinski definition) is 3. The molecule has 8 heteroatoms. The van der Waals surface area contributed by atoms with E-state index >= 15 is 0 Å². The number of rotatable bonds is 4. The number of ether oxygens (including phenoxy) is 1. The van der Waals surface area contributed by atoms with Gasteiger partial charge < -0.3 is 26.4 Å². The van der Waals surface area contributed by atoms with Crippen LogP contribution in [0.15, 0.2) is 0 Å². The van der Waals surface area contributed by atoms with Gasteiger partial charge in [0, 0.05) is 6.54 Å². The van der Waals surface area contributed by atoms with Crippen molar-refractivity contribution in [3.05, 3.63) is 0 Å². The van der Waals surface area contributed by atoms with Crippen LogP contribution in [0.2, 0.25) is 0 Å². The molecule has 1 fully saturated rings. The summed E-state index contributed by atoms with van der Waals surface area (Å²) in [5.74, 6) is -1.43. The summed E-state index contributed by atoms with van der Waals surface area (Å²) in [6.07, 6.45) is 0. The lowest BCUT2D eigenvalue weighted by Crippen LogP contribution is -2.56. The third-order valence-corrected chi connectivity index (χ3v) is 2.40. The fourth-order valence-corrected chi connectivity index (χ4v) is 1.49. The topological polar surface area (TPSA) is 128 Å². The molecule has 1 unspecified atom stereocenters. The van der Waals surface area contributed by atoms with Crippen molar-refractivity contribution in [2.75, 3.05) is 32.8 Å². The zero-order valence-electron chi connectivity index (χ0n) is 9.35. The molecule has 1 rings (SSSR count). The predicted molar refractivity (Wildman–Crippen MR) is 57.6 cm³/mol. The van der Waals surface area contributed by atoms with Crippen LogP contribution >= 0.6 is 0 Å². The molecule has 5 N–H and O–H groups in total. The molecule has 0 saturated carbocycles. The molecule has 17 heavy (non-hydrogen) atoms. The van der Waals surface area contributed by atoms with Gasteiger partial charge in [-0.05, 0) is 0 Å². The van der Waals surface area contributed by atoms with E-state index in [9.17, 15) is 14.4 Å². The molecule has 1 atom stereocenters. The Morgan fingerprint density at radius 1 is 1.41 bits per heavy atom. The molecule has 0 aromatic rings. The minimum Gasteiger partial charge on any atom is -0.377 e. The average molecular weight is 244 g/mol. The van der Waals surface area contributed by atoms with Crippen molar-refractivity contribution in [2.45, 2.75) is 6.04 Å². The second-order valence-electron chi connectivity index (χ2n) is 3.56. The minimum absolute atomic E-state index is 0.0892. The fourth-order valence-electron chi connectivity index (χ4n) is 1.49. The van der Waals surface area contributed by atoms with Gasteiger partial charge in [-0.15, -0.1) is 0 Å². The van der Waals surface area contributed by atoms with E-state index in [-0.39, 0.29) is 32.1 Å². The maximum absolute atomic E-state index is 11.7. The molecule has 1 heterocycles. The van der Waals surface area contributed by atoms with Crippen LogP contribution in [-0.2, 0) is 19.1 Å². The van der Waals surface area contributed by atoms with Crippen molar-refractivity contribution in [3.8, 4) is 0 Å². The van der Waals surface area contributed by atoms with Crippen LogP contribution in [0, 0.1) is 0 Å². The number of amides is 3. The molecule has 0 aromatic carbocycles. The maximum atomic E-state index is 11.7. The van der Waals surface area contributed by atoms with Crippen molar-refractivity contribution in [2.24, 2.45) is 11.5 Å². The number of nitrogens with two attached hydrogens (primary N) is 2. The quantitative estimate of drug-likeness (QED) is 0.479. The van der Waals surface area contributed by atoms with Gasteiger partial charge in [-0.1, -0.05) is 0 Å². The second kappa shape index (κ2) is 6.16. The van der Waals surface area contributed by atoms with E-state index in [1.807, 2.05) is 0 Å². The Bertz CT molecular complexity index is 320. The molecular formula is C9H16N4O4. The van der Waals surface area contributed by atoms with Crippen LogP contribution in [-0.4, -0.2) is 61.5 Å². The lowest BCUT2D eigenvalue weighted by atomic mass is 10.2. The van der Waals surface area contributed by atoms with Gasteiger partial charge in [0.25, 0.3) is 0 Å². The number of nitrogens with zero attached hydrogens (tertiary/aromatic N) is 1. The third kappa shape index (κ3) is 3.68. The molecule has 0 radical (unpaired) electrons. The van der Waals surface area contributed by atoms with Crippen LogP contribution in [0.5, 0.6) is 0 Å². The number of hydrogen-bond acceptors (Lipinski definition) is 5. The van der Waals surface area contributed by atoms with Gasteiger partial charge in [0.1, 0.15) is 6.04 Å². The minimum atomic E-state index is -0.772. The summed E-state index contributed by atoms with van der Waals surface area (Å²) >= 11 is 0. The third-order valence-electron chi connectivity index (χ3n) is 2.40. The zero-order valence-corrected chi connectivity index (χ0v) is 9.35. The van der Waals surface area contributed by atoms with Crippen LogP contribution < -0.4 is 16.8 Å². The maximum Gasteiger partial charge on any atom is 0.242 e. The van der Waals surface area contributed by atoms with Crippen molar-refractivity contribution in [3.63, 3.8) is 0 Å². The van der Waals surface area contributed by atoms with E-state index in [1.165, 1.54) is 4.90 Å². The highest BCUT2D eigenvalue weighted by atomic mass is 16.5. The molecular weight excluding hydrogens is 228 g/mol. The van der Waals surface area contributed by atoms with E-state index in [1.54, 1.807) is 0 Å². The second-order valence-corrected chi connectivity index (χ2v) is 3.56. The van der Waals surface area contributed by atoms with Crippen molar-refractivity contribution in [1.82, 2.24) is 10.2 Å². The lowest BCUT2D eigenvalue weighted by Gasteiger charge is -2.33. The first-order chi connectivity index (χ1) is 8.06. The molecule has 1 saturated heterocycles. The summed E-state index contributed by atoms with van der Waals surface area (Å²) in [7, 11) is 0. The van der Waals surface area contributed by atoms with E-state index in [2.05, 4.69) is 5.32 Å². The number of carbonyl (C=O) groups is 3. The lowest BCUT2D eigenvalue weighted by molar-refractivity contribution is -0.146. The van der Waals surface area contributed by atoms with E-state index < -0.39 is 17.9 Å². The first kappa shape index (κ1) is 13.4. The highest BCUT2D eigenvalue weighted by Gasteiger charge is 2.31. The Labute approximate surface area is 98.2 Å². The van der Waals surface area contributed by atoms with Crippen LogP contribution in [0.4, 0.5) is 0 Å². The molecule has 0 spiro atoms. The van der Waals surface area contributed by atoms with Gasteiger partial charge in [-0.2, -0.15) is 0 Å². The van der Waals surface area contributed by atoms with Crippen molar-refractivity contribution >= 4 is 17.7 Å². The van der Waals surface area contributed by atoms with Crippen molar-refractivity contribution in [1.29, 1.82) is 0 Å². The first-order valence-corrected chi connectivity index (χ1v) is 5.19. The highest BCUT2D eigenvalue weighted by molar-refractivity contribution is 5.90. The molecule has 8 nitrogen and oxygen atoms in total. The van der Waals surface area contributed by atoms with E-state index in [0.717, 1.165) is 0 Å². The molecule has 0 bridgehead atoms. The Balaban J connectivity index is 2.53. The number of carbonyl (C=O) groups excluding carboxylic acids is 3. The van der Waals surface area contributed by atoms with Gasteiger partial charge in [0.2, 0.25) is 17.7 Å². The van der Waals surface area contributed by atoms with E-state index in [4.69, 9.17) is 16.2 Å². The van der Waals surface area contributed by atoms with Gasteiger partial charge in [-0.3, -0.25) is 14.4 Å². The first-order valence-electron chi connectivity index (χ1n) is 5.19. The standard InChI is InChI=1S/C9H16N4O4/c10-3-7(14)12-4-8(15)13-1-2-17-5-6(13)9(11)16/h6H,1-5,10H2,(H2,11,16)(H,12,14). The summed E-state index contributed by atoms with van der Waals surface area (Å²) in [5, 5.41) is 2.34. The smallest absolute Gasteiger partial charge is 0.242 e. The summed E-state index contributed by atoms with van der Waals surface area (Å²) < 4.78 is 5.07. The fraction of sp³-hybridized carbons (Fsp3) is 0.667. The highest BCUT2D eigenvalue weighted by Crippen LogP contribution is 2.06. The van der Waals surface area contributed by atoms with Gasteiger partial charge in [0.15, 0.2) is 0 Å². The molecule has 1 aliphatic rings. The van der Waals surface area contributed by atoms with Gasteiger partial charge >= 0.3 is 0 Å². The zero-order chi connectivity index (χ0) is 12.8. The predicted octanol–water partition coefficient (Wildman–Crippen LogP) is -3.23. The Morgan fingerprint density at radius 3 is 2.71 bits per heavy atom. The normalized spacial score (nSPS) is 19.8. The Kier molecular flexibility index (Phi) is 4.85. The molecule has 96 valence electrons. The van der Waals surface area contributed by atoms with Crippen LogP contribution in [0.25, 0.3) is 0 Å². The molecule has 0 aromatic heterocycles. The summed E-state index contributed by atoms with van der Waals surface area (Å²) in [4.78, 5) is 35.0. The largest absolute Gasteiger partial charge is 0.377 e.